The van der Waals surface area contributed by atoms with E-state index in [2.05, 4.69) is 5.32 Å². The number of benzene rings is 2. The molecule has 2 aromatic carbocycles. The van der Waals surface area contributed by atoms with Crippen LogP contribution in [0.2, 0.25) is 5.02 Å². The lowest BCUT2D eigenvalue weighted by molar-refractivity contribution is 0.102. The molecule has 0 fully saturated rings. The fraction of sp³-hybridized carbons (Fsp3) is 0. The lowest BCUT2D eigenvalue weighted by Gasteiger charge is -2.08. The molecule has 0 saturated heterocycles. The van der Waals surface area contributed by atoms with Crippen molar-refractivity contribution in [1.29, 1.82) is 0 Å². The summed E-state index contributed by atoms with van der Waals surface area (Å²) in [5.74, 6) is -0.776. The molecule has 0 radical (unpaired) electrons. The van der Waals surface area contributed by atoms with Crippen LogP contribution in [-0.2, 0) is 0 Å². The average Bonchev–Trinajstić information content (AvgIpc) is 2.33. The second kappa shape index (κ2) is 5.06. The van der Waals surface area contributed by atoms with Crippen LogP contribution in [0.4, 0.5) is 15.8 Å². The highest BCUT2D eigenvalue weighted by atomic mass is 35.5. The molecule has 3 N–H and O–H groups in total. The standard InChI is InChI=1S/C13H10ClFN2O/c14-9-3-1-8(2-4-9)13(18)17-12-6-5-10(15)7-11(12)16/h1-7H,16H2,(H,17,18). The van der Waals surface area contributed by atoms with Gasteiger partial charge in [-0.15, -0.1) is 0 Å². The van der Waals surface area contributed by atoms with E-state index < -0.39 is 5.82 Å². The Morgan fingerprint density at radius 3 is 2.44 bits per heavy atom. The van der Waals surface area contributed by atoms with Gasteiger partial charge in [0.15, 0.2) is 0 Å². The summed E-state index contributed by atoms with van der Waals surface area (Å²) < 4.78 is 12.8. The van der Waals surface area contributed by atoms with Crippen LogP contribution in [0.3, 0.4) is 0 Å². The number of amides is 1. The van der Waals surface area contributed by atoms with Gasteiger partial charge in [-0.05, 0) is 42.5 Å². The third-order valence-corrected chi connectivity index (χ3v) is 2.62. The predicted octanol–water partition coefficient (Wildman–Crippen LogP) is 3.31. The van der Waals surface area contributed by atoms with E-state index in [4.69, 9.17) is 17.3 Å². The Bertz CT molecular complexity index is 584. The zero-order chi connectivity index (χ0) is 13.1. The molecule has 0 spiro atoms. The fourth-order valence-electron chi connectivity index (χ4n) is 1.44. The Labute approximate surface area is 108 Å². The lowest BCUT2D eigenvalue weighted by atomic mass is 10.2. The minimum absolute atomic E-state index is 0.178. The van der Waals surface area contributed by atoms with Crippen LogP contribution in [-0.4, -0.2) is 5.91 Å². The van der Waals surface area contributed by atoms with E-state index in [0.29, 0.717) is 16.3 Å². The van der Waals surface area contributed by atoms with Gasteiger partial charge in [0.1, 0.15) is 5.82 Å². The number of hydrogen-bond acceptors (Lipinski definition) is 2. The normalized spacial score (nSPS) is 10.1. The number of carbonyl (C=O) groups is 1. The second-order valence-corrected chi connectivity index (χ2v) is 4.13. The first-order valence-corrected chi connectivity index (χ1v) is 5.56. The Morgan fingerprint density at radius 2 is 1.83 bits per heavy atom. The largest absolute Gasteiger partial charge is 0.397 e. The zero-order valence-corrected chi connectivity index (χ0v) is 10.0. The van der Waals surface area contributed by atoms with Crippen LogP contribution in [0.1, 0.15) is 10.4 Å². The fourth-order valence-corrected chi connectivity index (χ4v) is 1.57. The van der Waals surface area contributed by atoms with Gasteiger partial charge in [0, 0.05) is 10.6 Å². The monoisotopic (exact) mass is 264 g/mol. The van der Waals surface area contributed by atoms with Crippen LogP contribution in [0.15, 0.2) is 42.5 Å². The summed E-state index contributed by atoms with van der Waals surface area (Å²) in [4.78, 5) is 11.9. The number of hydrogen-bond donors (Lipinski definition) is 2. The SMILES string of the molecule is Nc1cc(F)ccc1NC(=O)c1ccc(Cl)cc1. The third-order valence-electron chi connectivity index (χ3n) is 2.37. The van der Waals surface area contributed by atoms with Crippen LogP contribution in [0, 0.1) is 5.82 Å². The summed E-state index contributed by atoms with van der Waals surface area (Å²) in [6, 6.07) is 10.2. The smallest absolute Gasteiger partial charge is 0.255 e. The predicted molar refractivity (Wildman–Crippen MR) is 70.2 cm³/mol. The van der Waals surface area contributed by atoms with Crippen molar-refractivity contribution in [2.45, 2.75) is 0 Å². The molecule has 18 heavy (non-hydrogen) atoms. The molecule has 92 valence electrons. The van der Waals surface area contributed by atoms with Crippen molar-refractivity contribution in [1.82, 2.24) is 0 Å². The van der Waals surface area contributed by atoms with Gasteiger partial charge in [-0.2, -0.15) is 0 Å². The van der Waals surface area contributed by atoms with Gasteiger partial charge >= 0.3 is 0 Å². The van der Waals surface area contributed by atoms with E-state index in [9.17, 15) is 9.18 Å². The number of anilines is 2. The lowest BCUT2D eigenvalue weighted by Crippen LogP contribution is -2.13. The first-order chi connectivity index (χ1) is 8.56. The Hall–Kier alpha value is -2.07. The van der Waals surface area contributed by atoms with Crippen molar-refractivity contribution in [3.05, 3.63) is 58.9 Å². The van der Waals surface area contributed by atoms with Crippen molar-refractivity contribution in [3.8, 4) is 0 Å². The first-order valence-electron chi connectivity index (χ1n) is 5.18. The van der Waals surface area contributed by atoms with Gasteiger partial charge in [0.25, 0.3) is 5.91 Å². The second-order valence-electron chi connectivity index (χ2n) is 3.69. The minimum Gasteiger partial charge on any atom is -0.397 e. The van der Waals surface area contributed by atoms with Crippen molar-refractivity contribution >= 4 is 28.9 Å². The van der Waals surface area contributed by atoms with Crippen LogP contribution >= 0.6 is 11.6 Å². The average molecular weight is 265 g/mol. The number of nitrogens with two attached hydrogens (primary N) is 1. The molecule has 1 amide bonds. The highest BCUT2D eigenvalue weighted by molar-refractivity contribution is 6.30. The van der Waals surface area contributed by atoms with E-state index >= 15 is 0 Å². The Kier molecular flexibility index (Phi) is 3.48. The first kappa shape index (κ1) is 12.4. The van der Waals surface area contributed by atoms with Gasteiger partial charge in [0.05, 0.1) is 11.4 Å². The quantitative estimate of drug-likeness (QED) is 0.818. The van der Waals surface area contributed by atoms with Gasteiger partial charge in [-0.1, -0.05) is 11.6 Å². The summed E-state index contributed by atoms with van der Waals surface area (Å²) in [6.07, 6.45) is 0. The maximum atomic E-state index is 12.8. The van der Waals surface area contributed by atoms with Crippen LogP contribution < -0.4 is 11.1 Å². The molecule has 2 aromatic rings. The van der Waals surface area contributed by atoms with Crippen molar-refractivity contribution < 1.29 is 9.18 Å². The summed E-state index contributed by atoms with van der Waals surface area (Å²) in [5.41, 5.74) is 6.59. The molecule has 0 atom stereocenters. The molecule has 0 aliphatic heterocycles. The van der Waals surface area contributed by atoms with E-state index in [1.807, 2.05) is 0 Å². The maximum Gasteiger partial charge on any atom is 0.255 e. The number of rotatable bonds is 2. The summed E-state index contributed by atoms with van der Waals surface area (Å²) in [7, 11) is 0. The molecule has 3 nitrogen and oxygen atoms in total. The highest BCUT2D eigenvalue weighted by Crippen LogP contribution is 2.20. The van der Waals surface area contributed by atoms with Crippen molar-refractivity contribution in [2.24, 2.45) is 0 Å². The number of halogens is 2. The molecule has 0 saturated carbocycles. The Balaban J connectivity index is 2.18. The van der Waals surface area contributed by atoms with Crippen molar-refractivity contribution in [3.63, 3.8) is 0 Å². The summed E-state index contributed by atoms with van der Waals surface area (Å²) in [5, 5.41) is 3.15. The topological polar surface area (TPSA) is 55.1 Å². The molecule has 0 heterocycles. The highest BCUT2D eigenvalue weighted by Gasteiger charge is 2.08. The number of nitrogen functional groups attached to an aromatic ring is 1. The van der Waals surface area contributed by atoms with E-state index in [1.54, 1.807) is 24.3 Å². The third kappa shape index (κ3) is 2.78. The van der Waals surface area contributed by atoms with Gasteiger partial charge in [0.2, 0.25) is 0 Å². The van der Waals surface area contributed by atoms with Gasteiger partial charge < -0.3 is 11.1 Å². The summed E-state index contributed by atoms with van der Waals surface area (Å²) in [6.45, 7) is 0. The number of carbonyl (C=O) groups excluding carboxylic acids is 1. The molecule has 0 aromatic heterocycles. The van der Waals surface area contributed by atoms with E-state index in [-0.39, 0.29) is 11.6 Å². The molecule has 0 unspecified atom stereocenters. The number of nitrogens with one attached hydrogen (secondary N) is 1. The maximum absolute atomic E-state index is 12.8. The van der Waals surface area contributed by atoms with Crippen LogP contribution in [0.25, 0.3) is 0 Å². The molecular formula is C13H10ClFN2O. The van der Waals surface area contributed by atoms with E-state index in [1.165, 1.54) is 12.1 Å². The Morgan fingerprint density at radius 1 is 1.17 bits per heavy atom. The summed E-state index contributed by atoms with van der Waals surface area (Å²) >= 11 is 5.73. The van der Waals surface area contributed by atoms with Gasteiger partial charge in [-0.25, -0.2) is 4.39 Å². The minimum atomic E-state index is -0.447. The molecule has 0 bridgehead atoms. The molecule has 0 aliphatic carbocycles. The van der Waals surface area contributed by atoms with Crippen LogP contribution in [0.5, 0.6) is 0 Å². The van der Waals surface area contributed by atoms with Gasteiger partial charge in [-0.3, -0.25) is 4.79 Å². The molecule has 2 rings (SSSR count). The zero-order valence-electron chi connectivity index (χ0n) is 9.28. The van der Waals surface area contributed by atoms with Crippen molar-refractivity contribution in [2.75, 3.05) is 11.1 Å². The molecule has 5 heteroatoms. The molecule has 0 aliphatic rings. The molecular weight excluding hydrogens is 255 g/mol. The van der Waals surface area contributed by atoms with E-state index in [0.717, 1.165) is 6.07 Å².